The van der Waals surface area contributed by atoms with Gasteiger partial charge in [0.1, 0.15) is 0 Å². The van der Waals surface area contributed by atoms with Gasteiger partial charge in [0.15, 0.2) is 0 Å². The van der Waals surface area contributed by atoms with Gasteiger partial charge in [0.2, 0.25) is 0 Å². The van der Waals surface area contributed by atoms with Gasteiger partial charge < -0.3 is 4.74 Å². The van der Waals surface area contributed by atoms with E-state index in [1.807, 2.05) is 0 Å². The van der Waals surface area contributed by atoms with Gasteiger partial charge >= 0.3 is 0 Å². The summed E-state index contributed by atoms with van der Waals surface area (Å²) in [7, 11) is 0. The maximum absolute atomic E-state index is 5.70. The van der Waals surface area contributed by atoms with E-state index < -0.39 is 0 Å². The molecule has 2 heteroatoms. The molecule has 0 saturated carbocycles. The molecular weight excluding hydrogens is 168 g/mol. The Labute approximate surface area is 82.3 Å². The Balaban J connectivity index is 3.19. The molecule has 0 aromatic heterocycles. The van der Waals surface area contributed by atoms with Crippen LogP contribution in [0.15, 0.2) is 0 Å². The molecule has 0 spiro atoms. The number of unbranched alkanes of at least 4 members (excludes halogenated alkanes) is 2. The van der Waals surface area contributed by atoms with Crippen LogP contribution in [-0.4, -0.2) is 18.0 Å². The van der Waals surface area contributed by atoms with Crippen molar-refractivity contribution in [2.24, 2.45) is 0 Å². The van der Waals surface area contributed by atoms with E-state index in [1.165, 1.54) is 19.3 Å². The lowest BCUT2D eigenvalue weighted by molar-refractivity contribution is -0.0215. The Morgan fingerprint density at radius 2 is 1.83 bits per heavy atom. The van der Waals surface area contributed by atoms with Gasteiger partial charge in [-0.3, -0.25) is 0 Å². The molecule has 74 valence electrons. The molecule has 0 aromatic rings. The van der Waals surface area contributed by atoms with Crippen LogP contribution in [0, 0.1) is 0 Å². The lowest BCUT2D eigenvalue weighted by atomic mass is 10.1. The molecule has 0 heterocycles. The van der Waals surface area contributed by atoms with E-state index in [2.05, 4.69) is 33.4 Å². The zero-order valence-corrected chi connectivity index (χ0v) is 9.49. The van der Waals surface area contributed by atoms with Crippen molar-refractivity contribution in [3.8, 4) is 0 Å². The van der Waals surface area contributed by atoms with Gasteiger partial charge in [0.05, 0.1) is 5.60 Å². The first-order valence-electron chi connectivity index (χ1n) is 4.87. The van der Waals surface area contributed by atoms with Gasteiger partial charge in [0.25, 0.3) is 0 Å². The highest BCUT2D eigenvalue weighted by Gasteiger charge is 2.13. The fourth-order valence-corrected chi connectivity index (χ4v) is 1.06. The van der Waals surface area contributed by atoms with Crippen LogP contribution in [0.2, 0.25) is 0 Å². The molecule has 0 bridgehead atoms. The van der Waals surface area contributed by atoms with Gasteiger partial charge in [-0.05, 0) is 38.9 Å². The summed E-state index contributed by atoms with van der Waals surface area (Å²) in [5.41, 5.74) is 0.0704. The van der Waals surface area contributed by atoms with Gasteiger partial charge in [-0.25, -0.2) is 0 Å². The molecule has 1 nitrogen and oxygen atoms in total. The lowest BCUT2D eigenvalue weighted by Crippen LogP contribution is -2.23. The highest BCUT2D eigenvalue weighted by molar-refractivity contribution is 7.80. The van der Waals surface area contributed by atoms with Crippen molar-refractivity contribution in [3.63, 3.8) is 0 Å². The standard InChI is InChI=1S/C10H22OS/c1-4-10(2,3)11-8-6-5-7-9-12/h12H,4-9H2,1-3H3. The zero-order chi connectivity index (χ0) is 9.45. The van der Waals surface area contributed by atoms with E-state index in [1.54, 1.807) is 0 Å². The summed E-state index contributed by atoms with van der Waals surface area (Å²) in [6.07, 6.45) is 4.70. The molecule has 0 saturated heterocycles. The predicted octanol–water partition coefficient (Wildman–Crippen LogP) is 3.29. The summed E-state index contributed by atoms with van der Waals surface area (Å²) in [4.78, 5) is 0. The lowest BCUT2D eigenvalue weighted by Gasteiger charge is -2.23. The first kappa shape index (κ1) is 12.3. The fraction of sp³-hybridized carbons (Fsp3) is 1.00. The van der Waals surface area contributed by atoms with Gasteiger partial charge in [0, 0.05) is 6.61 Å². The van der Waals surface area contributed by atoms with Crippen LogP contribution in [0.5, 0.6) is 0 Å². The number of thiol groups is 1. The summed E-state index contributed by atoms with van der Waals surface area (Å²) in [5, 5.41) is 0. The van der Waals surface area contributed by atoms with E-state index in [4.69, 9.17) is 4.74 Å². The molecule has 0 radical (unpaired) electrons. The number of rotatable bonds is 7. The number of hydrogen-bond acceptors (Lipinski definition) is 2. The average molecular weight is 190 g/mol. The molecule has 0 rings (SSSR count). The highest BCUT2D eigenvalue weighted by Crippen LogP contribution is 2.14. The van der Waals surface area contributed by atoms with Crippen LogP contribution < -0.4 is 0 Å². The van der Waals surface area contributed by atoms with Crippen molar-refractivity contribution in [1.29, 1.82) is 0 Å². The van der Waals surface area contributed by atoms with Crippen LogP contribution in [0.25, 0.3) is 0 Å². The molecule has 0 aliphatic heterocycles. The monoisotopic (exact) mass is 190 g/mol. The van der Waals surface area contributed by atoms with E-state index in [-0.39, 0.29) is 5.60 Å². The number of ether oxygens (including phenoxy) is 1. The summed E-state index contributed by atoms with van der Waals surface area (Å²) in [6.45, 7) is 7.35. The Morgan fingerprint density at radius 1 is 1.17 bits per heavy atom. The molecule has 0 unspecified atom stereocenters. The molecule has 0 atom stereocenters. The smallest absolute Gasteiger partial charge is 0.0623 e. The molecule has 0 fully saturated rings. The normalized spacial score (nSPS) is 12.0. The minimum absolute atomic E-state index is 0.0704. The molecule has 0 aliphatic carbocycles. The fourth-order valence-electron chi connectivity index (χ4n) is 0.841. The highest BCUT2D eigenvalue weighted by atomic mass is 32.1. The van der Waals surface area contributed by atoms with Crippen molar-refractivity contribution in [2.75, 3.05) is 12.4 Å². The largest absolute Gasteiger partial charge is 0.376 e. The Hall–Kier alpha value is 0.310. The summed E-state index contributed by atoms with van der Waals surface area (Å²) in [6, 6.07) is 0. The molecule has 12 heavy (non-hydrogen) atoms. The predicted molar refractivity (Wildman–Crippen MR) is 58.0 cm³/mol. The third-order valence-corrected chi connectivity index (χ3v) is 2.46. The van der Waals surface area contributed by atoms with Crippen LogP contribution in [0.3, 0.4) is 0 Å². The second-order valence-corrected chi connectivity index (χ2v) is 4.19. The van der Waals surface area contributed by atoms with Crippen LogP contribution >= 0.6 is 12.6 Å². The topological polar surface area (TPSA) is 9.23 Å². The van der Waals surface area contributed by atoms with Crippen molar-refractivity contribution in [2.45, 2.75) is 52.1 Å². The first-order valence-corrected chi connectivity index (χ1v) is 5.50. The van der Waals surface area contributed by atoms with Crippen molar-refractivity contribution in [1.82, 2.24) is 0 Å². The van der Waals surface area contributed by atoms with E-state index in [9.17, 15) is 0 Å². The molecule has 0 aromatic carbocycles. The van der Waals surface area contributed by atoms with E-state index >= 15 is 0 Å². The summed E-state index contributed by atoms with van der Waals surface area (Å²) >= 11 is 4.16. The maximum Gasteiger partial charge on any atom is 0.0623 e. The Kier molecular flexibility index (Phi) is 6.96. The quantitative estimate of drug-likeness (QED) is 0.479. The number of hydrogen-bond donors (Lipinski definition) is 1. The van der Waals surface area contributed by atoms with Crippen molar-refractivity contribution in [3.05, 3.63) is 0 Å². The molecule has 0 N–H and O–H groups in total. The van der Waals surface area contributed by atoms with Gasteiger partial charge in [-0.1, -0.05) is 13.3 Å². The second kappa shape index (κ2) is 6.79. The van der Waals surface area contributed by atoms with Gasteiger partial charge in [-0.15, -0.1) is 0 Å². The maximum atomic E-state index is 5.70. The Morgan fingerprint density at radius 3 is 2.33 bits per heavy atom. The van der Waals surface area contributed by atoms with E-state index in [0.29, 0.717) is 0 Å². The minimum atomic E-state index is 0.0704. The van der Waals surface area contributed by atoms with E-state index in [0.717, 1.165) is 18.8 Å². The zero-order valence-electron chi connectivity index (χ0n) is 8.60. The molecule has 0 amide bonds. The average Bonchev–Trinajstić information content (AvgIpc) is 2.04. The molecular formula is C10H22OS. The van der Waals surface area contributed by atoms with Crippen molar-refractivity contribution < 1.29 is 4.74 Å². The third kappa shape index (κ3) is 6.99. The third-order valence-electron chi connectivity index (χ3n) is 2.15. The second-order valence-electron chi connectivity index (χ2n) is 3.75. The summed E-state index contributed by atoms with van der Waals surface area (Å²) in [5.74, 6) is 0.997. The Bertz CT molecular complexity index is 102. The van der Waals surface area contributed by atoms with Crippen LogP contribution in [0.1, 0.15) is 46.5 Å². The summed E-state index contributed by atoms with van der Waals surface area (Å²) < 4.78 is 5.70. The SMILES string of the molecule is CCC(C)(C)OCCCCCS. The minimum Gasteiger partial charge on any atom is -0.376 e. The first-order chi connectivity index (χ1) is 5.62. The van der Waals surface area contributed by atoms with Gasteiger partial charge in [-0.2, -0.15) is 12.6 Å². The molecule has 0 aliphatic rings. The van der Waals surface area contributed by atoms with Crippen LogP contribution in [-0.2, 0) is 4.74 Å². The van der Waals surface area contributed by atoms with Crippen molar-refractivity contribution >= 4 is 12.6 Å². The van der Waals surface area contributed by atoms with Crippen LogP contribution in [0.4, 0.5) is 0 Å².